The van der Waals surface area contributed by atoms with Gasteiger partial charge in [0.05, 0.1) is 11.6 Å². The van der Waals surface area contributed by atoms with Gasteiger partial charge in [-0.05, 0) is 37.7 Å². The highest BCUT2D eigenvalue weighted by Gasteiger charge is 2.24. The second-order valence-electron chi connectivity index (χ2n) is 4.19. The second kappa shape index (κ2) is 5.61. The van der Waals surface area contributed by atoms with Crippen molar-refractivity contribution in [1.82, 2.24) is 4.98 Å². The van der Waals surface area contributed by atoms with Crippen LogP contribution in [0, 0.1) is 11.3 Å². The van der Waals surface area contributed by atoms with Crippen LogP contribution in [0.3, 0.4) is 0 Å². The van der Waals surface area contributed by atoms with Crippen LogP contribution in [-0.2, 0) is 0 Å². The Morgan fingerprint density at radius 2 is 2.35 bits per heavy atom. The van der Waals surface area contributed by atoms with Gasteiger partial charge in [-0.1, -0.05) is 11.6 Å². The summed E-state index contributed by atoms with van der Waals surface area (Å²) in [6, 6.07) is 5.86. The van der Waals surface area contributed by atoms with Crippen molar-refractivity contribution < 1.29 is 0 Å². The lowest BCUT2D eigenvalue weighted by atomic mass is 10.2. The largest absolute Gasteiger partial charge is 0.367 e. The average Bonchev–Trinajstić information content (AvgIpc) is 2.76. The molecule has 1 N–H and O–H groups in total. The van der Waals surface area contributed by atoms with Crippen molar-refractivity contribution in [3.63, 3.8) is 0 Å². The Morgan fingerprint density at radius 1 is 1.53 bits per heavy atom. The Balaban J connectivity index is 2.04. The van der Waals surface area contributed by atoms with E-state index in [4.69, 9.17) is 16.9 Å². The first-order valence-electron chi connectivity index (χ1n) is 5.58. The van der Waals surface area contributed by atoms with Crippen LogP contribution in [0.25, 0.3) is 0 Å². The quantitative estimate of drug-likeness (QED) is 0.854. The van der Waals surface area contributed by atoms with Crippen molar-refractivity contribution >= 4 is 29.2 Å². The molecule has 5 heteroatoms. The van der Waals surface area contributed by atoms with Crippen LogP contribution in [0.4, 0.5) is 5.82 Å². The fourth-order valence-electron chi connectivity index (χ4n) is 2.13. The molecular formula is C12H14ClN3S. The summed E-state index contributed by atoms with van der Waals surface area (Å²) in [5, 5.41) is 13.3. The van der Waals surface area contributed by atoms with Crippen LogP contribution in [0.5, 0.6) is 0 Å². The topological polar surface area (TPSA) is 48.7 Å². The molecule has 3 nitrogen and oxygen atoms in total. The number of nitriles is 1. The molecule has 0 aromatic carbocycles. The minimum atomic E-state index is 0.367. The van der Waals surface area contributed by atoms with Gasteiger partial charge in [-0.2, -0.15) is 17.0 Å². The van der Waals surface area contributed by atoms with Crippen LogP contribution in [0.1, 0.15) is 24.8 Å². The first-order chi connectivity index (χ1) is 8.21. The van der Waals surface area contributed by atoms with Gasteiger partial charge in [-0.3, -0.25) is 0 Å². The summed E-state index contributed by atoms with van der Waals surface area (Å²) >= 11 is 7.78. The normalized spacial score (nSPS) is 23.4. The van der Waals surface area contributed by atoms with Crippen LogP contribution in [0.15, 0.2) is 12.1 Å². The Labute approximate surface area is 111 Å². The number of aromatic nitrogens is 1. The van der Waals surface area contributed by atoms with Crippen molar-refractivity contribution in [1.29, 1.82) is 5.26 Å². The van der Waals surface area contributed by atoms with Crippen molar-refractivity contribution in [2.24, 2.45) is 0 Å². The van der Waals surface area contributed by atoms with E-state index in [-0.39, 0.29) is 0 Å². The van der Waals surface area contributed by atoms with Crippen LogP contribution >= 0.6 is 23.4 Å². The average molecular weight is 268 g/mol. The maximum absolute atomic E-state index is 8.86. The van der Waals surface area contributed by atoms with Gasteiger partial charge in [0, 0.05) is 11.3 Å². The molecule has 1 aromatic rings. The second-order valence-corrected chi connectivity index (χ2v) is 5.71. The molecule has 0 radical (unpaired) electrons. The number of hydrogen-bond acceptors (Lipinski definition) is 4. The molecule has 1 saturated carbocycles. The molecule has 0 amide bonds. The molecule has 1 fully saturated rings. The van der Waals surface area contributed by atoms with Crippen LogP contribution < -0.4 is 5.32 Å². The minimum Gasteiger partial charge on any atom is -0.367 e. The predicted molar refractivity (Wildman–Crippen MR) is 72.5 cm³/mol. The highest BCUT2D eigenvalue weighted by molar-refractivity contribution is 7.99. The SMILES string of the molecule is CSC1CCC(Nc2cc(C#N)cc(Cl)n2)C1. The third-order valence-electron chi connectivity index (χ3n) is 2.99. The molecule has 0 aliphatic heterocycles. The summed E-state index contributed by atoms with van der Waals surface area (Å²) in [6.45, 7) is 0. The highest BCUT2D eigenvalue weighted by Crippen LogP contribution is 2.30. The lowest BCUT2D eigenvalue weighted by Crippen LogP contribution is -2.16. The van der Waals surface area contributed by atoms with Gasteiger partial charge in [-0.25, -0.2) is 4.98 Å². The zero-order valence-electron chi connectivity index (χ0n) is 9.61. The van der Waals surface area contributed by atoms with E-state index in [1.54, 1.807) is 12.1 Å². The first kappa shape index (κ1) is 12.5. The van der Waals surface area contributed by atoms with Crippen LogP contribution in [0.2, 0.25) is 5.15 Å². The van der Waals surface area contributed by atoms with Crippen molar-refractivity contribution in [3.05, 3.63) is 22.8 Å². The molecule has 17 heavy (non-hydrogen) atoms. The highest BCUT2D eigenvalue weighted by atomic mass is 35.5. The number of nitrogens with zero attached hydrogens (tertiary/aromatic N) is 2. The van der Waals surface area contributed by atoms with Crippen molar-refractivity contribution in [3.8, 4) is 6.07 Å². The maximum atomic E-state index is 8.86. The number of hydrogen-bond donors (Lipinski definition) is 1. The zero-order chi connectivity index (χ0) is 12.3. The molecule has 1 aliphatic carbocycles. The lowest BCUT2D eigenvalue weighted by molar-refractivity contribution is 0.752. The van der Waals surface area contributed by atoms with E-state index in [9.17, 15) is 0 Å². The van der Waals surface area contributed by atoms with Gasteiger partial charge in [0.1, 0.15) is 11.0 Å². The van der Waals surface area contributed by atoms with E-state index in [0.717, 1.165) is 18.1 Å². The summed E-state index contributed by atoms with van der Waals surface area (Å²) < 4.78 is 0. The van der Waals surface area contributed by atoms with Crippen molar-refractivity contribution in [2.45, 2.75) is 30.6 Å². The summed E-state index contributed by atoms with van der Waals surface area (Å²) in [5.41, 5.74) is 0.548. The third kappa shape index (κ3) is 3.27. The molecule has 90 valence electrons. The monoisotopic (exact) mass is 267 g/mol. The van der Waals surface area contributed by atoms with Gasteiger partial charge in [0.25, 0.3) is 0 Å². The third-order valence-corrected chi connectivity index (χ3v) is 4.28. The number of rotatable bonds is 3. The molecular weight excluding hydrogens is 254 g/mol. The fourth-order valence-corrected chi connectivity index (χ4v) is 3.13. The van der Waals surface area contributed by atoms with Gasteiger partial charge in [0.15, 0.2) is 0 Å². The molecule has 1 heterocycles. The number of anilines is 1. The van der Waals surface area contributed by atoms with Gasteiger partial charge < -0.3 is 5.32 Å². The fraction of sp³-hybridized carbons (Fsp3) is 0.500. The molecule has 0 spiro atoms. The summed E-state index contributed by atoms with van der Waals surface area (Å²) in [7, 11) is 0. The Morgan fingerprint density at radius 3 is 3.00 bits per heavy atom. The van der Waals surface area contributed by atoms with E-state index in [1.165, 1.54) is 6.42 Å². The molecule has 2 unspecified atom stereocenters. The zero-order valence-corrected chi connectivity index (χ0v) is 11.2. The number of thioether (sulfide) groups is 1. The lowest BCUT2D eigenvalue weighted by Gasteiger charge is -2.13. The van der Waals surface area contributed by atoms with E-state index in [2.05, 4.69) is 22.6 Å². The summed E-state index contributed by atoms with van der Waals surface area (Å²) in [4.78, 5) is 4.19. The number of pyridine rings is 1. The molecule has 0 saturated heterocycles. The van der Waals surface area contributed by atoms with E-state index < -0.39 is 0 Å². The maximum Gasteiger partial charge on any atom is 0.132 e. The van der Waals surface area contributed by atoms with Gasteiger partial charge in [-0.15, -0.1) is 0 Å². The molecule has 1 aromatic heterocycles. The first-order valence-corrected chi connectivity index (χ1v) is 7.25. The molecule has 2 atom stereocenters. The number of halogens is 1. The van der Waals surface area contributed by atoms with E-state index in [0.29, 0.717) is 22.6 Å². The molecule has 2 rings (SSSR count). The van der Waals surface area contributed by atoms with E-state index in [1.807, 2.05) is 11.8 Å². The Bertz CT molecular complexity index is 444. The number of nitrogens with one attached hydrogen (secondary N) is 1. The van der Waals surface area contributed by atoms with Crippen molar-refractivity contribution in [2.75, 3.05) is 11.6 Å². The van der Waals surface area contributed by atoms with Gasteiger partial charge >= 0.3 is 0 Å². The summed E-state index contributed by atoms with van der Waals surface area (Å²) in [5.74, 6) is 0.709. The Kier molecular flexibility index (Phi) is 4.14. The molecule has 1 aliphatic rings. The van der Waals surface area contributed by atoms with E-state index >= 15 is 0 Å². The van der Waals surface area contributed by atoms with Gasteiger partial charge in [0.2, 0.25) is 0 Å². The van der Waals surface area contributed by atoms with Crippen LogP contribution in [-0.4, -0.2) is 22.5 Å². The standard InChI is InChI=1S/C12H14ClN3S/c1-17-10-3-2-9(6-10)15-12-5-8(7-14)4-11(13)16-12/h4-5,9-10H,2-3,6H2,1H3,(H,15,16). The summed E-state index contributed by atoms with van der Waals surface area (Å²) in [6.07, 6.45) is 5.70. The Hall–Kier alpha value is -0.920. The minimum absolute atomic E-state index is 0.367. The smallest absolute Gasteiger partial charge is 0.132 e. The predicted octanol–water partition coefficient (Wildman–Crippen LogP) is 3.30. The molecule has 0 bridgehead atoms.